The van der Waals surface area contributed by atoms with Crippen LogP contribution in [0.3, 0.4) is 0 Å². The first kappa shape index (κ1) is 14.3. The van der Waals surface area contributed by atoms with Crippen molar-refractivity contribution in [3.8, 4) is 0 Å². The molecule has 2 N–H and O–H groups in total. The molecule has 2 unspecified atom stereocenters. The molecule has 0 saturated heterocycles. The first-order valence-corrected chi connectivity index (χ1v) is 6.67. The van der Waals surface area contributed by atoms with E-state index in [-0.39, 0.29) is 6.04 Å². The molecule has 0 radical (unpaired) electrons. The Hall–Kier alpha value is 0.310. The minimum absolute atomic E-state index is 0.284. The van der Waals surface area contributed by atoms with E-state index in [9.17, 15) is 0 Å². The summed E-state index contributed by atoms with van der Waals surface area (Å²) in [5, 5.41) is 0.571. The number of hydrogen-bond acceptors (Lipinski definition) is 2. The van der Waals surface area contributed by atoms with E-state index in [0.29, 0.717) is 10.7 Å². The van der Waals surface area contributed by atoms with E-state index in [1.807, 2.05) is 11.8 Å². The summed E-state index contributed by atoms with van der Waals surface area (Å²) >= 11 is 2.04. The third-order valence-corrected chi connectivity index (χ3v) is 4.29. The SMILES string of the molecule is CC(C)CCSC(C(C)N)C(C)(C)C. The van der Waals surface area contributed by atoms with Gasteiger partial charge in [0.2, 0.25) is 0 Å². The largest absolute Gasteiger partial charge is 0.327 e. The second-order valence-corrected chi connectivity index (χ2v) is 6.95. The van der Waals surface area contributed by atoms with Crippen LogP contribution in [0.5, 0.6) is 0 Å². The summed E-state index contributed by atoms with van der Waals surface area (Å²) in [6.07, 6.45) is 1.30. The fourth-order valence-electron chi connectivity index (χ4n) is 1.62. The van der Waals surface area contributed by atoms with Gasteiger partial charge >= 0.3 is 0 Å². The Morgan fingerprint density at radius 2 is 1.64 bits per heavy atom. The van der Waals surface area contributed by atoms with Gasteiger partial charge in [-0.25, -0.2) is 0 Å². The van der Waals surface area contributed by atoms with Crippen LogP contribution in [0.1, 0.15) is 48.0 Å². The number of hydrogen-bond donors (Lipinski definition) is 1. The molecule has 0 aliphatic rings. The van der Waals surface area contributed by atoms with Gasteiger partial charge in [-0.05, 0) is 30.4 Å². The van der Waals surface area contributed by atoms with Gasteiger partial charge < -0.3 is 5.73 Å². The second kappa shape index (κ2) is 6.02. The molecule has 0 aromatic rings. The third-order valence-electron chi connectivity index (χ3n) is 2.32. The Morgan fingerprint density at radius 1 is 1.14 bits per heavy atom. The standard InChI is InChI=1S/C12H27NS/c1-9(2)7-8-14-11(10(3)13)12(4,5)6/h9-11H,7-8,13H2,1-6H3. The summed E-state index contributed by atoms with van der Waals surface area (Å²) in [6, 6.07) is 0.284. The Balaban J connectivity index is 4.00. The first-order valence-electron chi connectivity index (χ1n) is 5.62. The molecule has 0 heterocycles. The van der Waals surface area contributed by atoms with E-state index in [4.69, 9.17) is 5.73 Å². The van der Waals surface area contributed by atoms with Crippen molar-refractivity contribution in [2.24, 2.45) is 17.1 Å². The van der Waals surface area contributed by atoms with Gasteiger partial charge in [-0.15, -0.1) is 0 Å². The highest BCUT2D eigenvalue weighted by atomic mass is 32.2. The van der Waals surface area contributed by atoms with E-state index < -0.39 is 0 Å². The average molecular weight is 217 g/mol. The summed E-state index contributed by atoms with van der Waals surface area (Å²) in [6.45, 7) is 13.5. The summed E-state index contributed by atoms with van der Waals surface area (Å²) < 4.78 is 0. The summed E-state index contributed by atoms with van der Waals surface area (Å²) in [5.74, 6) is 2.04. The lowest BCUT2D eigenvalue weighted by molar-refractivity contribution is 0.363. The van der Waals surface area contributed by atoms with Gasteiger partial charge in [-0.1, -0.05) is 34.6 Å². The van der Waals surface area contributed by atoms with E-state index >= 15 is 0 Å². The maximum Gasteiger partial charge on any atom is 0.0244 e. The molecule has 0 aliphatic carbocycles. The van der Waals surface area contributed by atoms with Gasteiger partial charge in [0.05, 0.1) is 0 Å². The highest BCUT2D eigenvalue weighted by Gasteiger charge is 2.27. The molecule has 86 valence electrons. The van der Waals surface area contributed by atoms with Crippen molar-refractivity contribution in [2.75, 3.05) is 5.75 Å². The summed E-state index contributed by atoms with van der Waals surface area (Å²) in [7, 11) is 0. The molecule has 0 saturated carbocycles. The minimum atomic E-state index is 0.284. The van der Waals surface area contributed by atoms with Gasteiger partial charge in [0.15, 0.2) is 0 Å². The van der Waals surface area contributed by atoms with Crippen LogP contribution in [0.25, 0.3) is 0 Å². The van der Waals surface area contributed by atoms with E-state index in [1.165, 1.54) is 12.2 Å². The van der Waals surface area contributed by atoms with Crippen LogP contribution in [-0.4, -0.2) is 17.0 Å². The summed E-state index contributed by atoms with van der Waals surface area (Å²) in [5.41, 5.74) is 6.33. The zero-order valence-corrected chi connectivity index (χ0v) is 11.4. The van der Waals surface area contributed by atoms with Crippen molar-refractivity contribution in [2.45, 2.75) is 59.3 Å². The third kappa shape index (κ3) is 5.92. The highest BCUT2D eigenvalue weighted by Crippen LogP contribution is 2.32. The normalized spacial score (nSPS) is 17.1. The van der Waals surface area contributed by atoms with Crippen molar-refractivity contribution >= 4 is 11.8 Å². The van der Waals surface area contributed by atoms with Gasteiger partial charge in [0.1, 0.15) is 0 Å². The van der Waals surface area contributed by atoms with Crippen molar-refractivity contribution < 1.29 is 0 Å². The lowest BCUT2D eigenvalue weighted by atomic mass is 9.88. The average Bonchev–Trinajstić information content (AvgIpc) is 1.94. The monoisotopic (exact) mass is 217 g/mol. The topological polar surface area (TPSA) is 26.0 Å². The number of thioether (sulfide) groups is 1. The van der Waals surface area contributed by atoms with Crippen molar-refractivity contribution in [1.82, 2.24) is 0 Å². The quantitative estimate of drug-likeness (QED) is 0.762. The van der Waals surface area contributed by atoms with Crippen molar-refractivity contribution in [3.05, 3.63) is 0 Å². The Morgan fingerprint density at radius 3 is 1.93 bits per heavy atom. The van der Waals surface area contributed by atoms with Crippen LogP contribution >= 0.6 is 11.8 Å². The molecular formula is C12H27NS. The molecule has 0 rings (SSSR count). The molecule has 0 amide bonds. The molecule has 1 nitrogen and oxygen atoms in total. The first-order chi connectivity index (χ1) is 6.25. The predicted molar refractivity (Wildman–Crippen MR) is 68.8 cm³/mol. The van der Waals surface area contributed by atoms with Crippen LogP contribution in [0.4, 0.5) is 0 Å². The van der Waals surface area contributed by atoms with Gasteiger partial charge in [-0.3, -0.25) is 0 Å². The number of nitrogens with two attached hydrogens (primary N) is 1. The number of rotatable bonds is 5. The molecule has 14 heavy (non-hydrogen) atoms. The predicted octanol–water partition coefficient (Wildman–Crippen LogP) is 3.53. The van der Waals surface area contributed by atoms with E-state index in [2.05, 4.69) is 41.5 Å². The molecular weight excluding hydrogens is 190 g/mol. The zero-order chi connectivity index (χ0) is 11.4. The lowest BCUT2D eigenvalue weighted by Gasteiger charge is -2.33. The fraction of sp³-hybridized carbons (Fsp3) is 1.00. The molecule has 0 bridgehead atoms. The molecule has 0 aliphatic heterocycles. The molecule has 2 atom stereocenters. The molecule has 0 aromatic carbocycles. The smallest absolute Gasteiger partial charge is 0.0244 e. The Kier molecular flexibility index (Phi) is 6.15. The fourth-order valence-corrected chi connectivity index (χ4v) is 3.29. The summed E-state index contributed by atoms with van der Waals surface area (Å²) in [4.78, 5) is 0. The lowest BCUT2D eigenvalue weighted by Crippen LogP contribution is -2.39. The van der Waals surface area contributed by atoms with Gasteiger partial charge in [0.25, 0.3) is 0 Å². The van der Waals surface area contributed by atoms with E-state index in [0.717, 1.165) is 5.92 Å². The van der Waals surface area contributed by atoms with E-state index in [1.54, 1.807) is 0 Å². The van der Waals surface area contributed by atoms with Crippen LogP contribution in [0.2, 0.25) is 0 Å². The van der Waals surface area contributed by atoms with Crippen LogP contribution in [0.15, 0.2) is 0 Å². The minimum Gasteiger partial charge on any atom is -0.327 e. The van der Waals surface area contributed by atoms with Gasteiger partial charge in [-0.2, -0.15) is 11.8 Å². The van der Waals surface area contributed by atoms with Crippen LogP contribution in [0, 0.1) is 11.3 Å². The molecule has 0 spiro atoms. The Bertz CT molecular complexity index is 147. The second-order valence-electron chi connectivity index (χ2n) is 5.70. The molecule has 0 aromatic heterocycles. The van der Waals surface area contributed by atoms with Gasteiger partial charge in [0, 0.05) is 11.3 Å². The maximum atomic E-state index is 6.02. The van der Waals surface area contributed by atoms with Crippen molar-refractivity contribution in [3.63, 3.8) is 0 Å². The maximum absolute atomic E-state index is 6.02. The Labute approximate surface area is 94.2 Å². The molecule has 2 heteroatoms. The zero-order valence-electron chi connectivity index (χ0n) is 10.6. The van der Waals surface area contributed by atoms with Crippen LogP contribution < -0.4 is 5.73 Å². The highest BCUT2D eigenvalue weighted by molar-refractivity contribution is 8.00. The molecule has 0 fully saturated rings. The van der Waals surface area contributed by atoms with Crippen molar-refractivity contribution in [1.29, 1.82) is 0 Å². The van der Waals surface area contributed by atoms with Crippen LogP contribution in [-0.2, 0) is 0 Å².